The van der Waals surface area contributed by atoms with E-state index in [4.69, 9.17) is 9.40 Å². The van der Waals surface area contributed by atoms with Crippen LogP contribution in [0.1, 0.15) is 57.2 Å². The molecule has 0 spiro atoms. The van der Waals surface area contributed by atoms with Crippen LogP contribution in [0.25, 0.3) is 44.1 Å². The first-order chi connectivity index (χ1) is 15.7. The Labute approximate surface area is 195 Å². The Morgan fingerprint density at radius 2 is 1.67 bits per heavy atom. The van der Waals surface area contributed by atoms with E-state index in [-0.39, 0.29) is 10.8 Å². The molecule has 3 nitrogen and oxygen atoms in total. The summed E-state index contributed by atoms with van der Waals surface area (Å²) in [6.07, 6.45) is 6.44. The Bertz CT molecular complexity index is 1590. The predicted molar refractivity (Wildman–Crippen MR) is 136 cm³/mol. The van der Waals surface area contributed by atoms with Gasteiger partial charge in [0.2, 0.25) is 5.69 Å². The number of pyridine rings is 2. The molecule has 0 atom stereocenters. The summed E-state index contributed by atoms with van der Waals surface area (Å²) < 4.78 is 9.03. The minimum atomic E-state index is 0.0733. The summed E-state index contributed by atoms with van der Waals surface area (Å²) in [4.78, 5) is 4.93. The zero-order valence-electron chi connectivity index (χ0n) is 20.4. The van der Waals surface area contributed by atoms with Crippen molar-refractivity contribution >= 4 is 32.8 Å². The van der Waals surface area contributed by atoms with Crippen LogP contribution in [0, 0.1) is 6.92 Å². The summed E-state index contributed by atoms with van der Waals surface area (Å²) in [5, 5.41) is 3.43. The van der Waals surface area contributed by atoms with Crippen molar-refractivity contribution in [3.8, 4) is 11.3 Å². The molecule has 0 fully saturated rings. The van der Waals surface area contributed by atoms with Crippen molar-refractivity contribution in [2.45, 2.75) is 58.3 Å². The third kappa shape index (κ3) is 2.81. The fourth-order valence-electron chi connectivity index (χ4n) is 5.91. The minimum absolute atomic E-state index is 0.0733. The molecular formula is C30H31N2O+. The number of furan rings is 1. The van der Waals surface area contributed by atoms with Gasteiger partial charge in [0, 0.05) is 34.5 Å². The van der Waals surface area contributed by atoms with Gasteiger partial charge in [-0.15, -0.1) is 0 Å². The molecule has 0 aliphatic heterocycles. The smallest absolute Gasteiger partial charge is 0.216 e. The van der Waals surface area contributed by atoms with Gasteiger partial charge in [0.15, 0.2) is 6.20 Å². The molecule has 33 heavy (non-hydrogen) atoms. The highest BCUT2D eigenvalue weighted by atomic mass is 16.3. The number of hydrogen-bond donors (Lipinski definition) is 0. The molecule has 0 unspecified atom stereocenters. The predicted octanol–water partition coefficient (Wildman–Crippen LogP) is 7.28. The maximum atomic E-state index is 6.86. The lowest BCUT2D eigenvalue weighted by Crippen LogP contribution is -2.34. The second-order valence-corrected chi connectivity index (χ2v) is 11.1. The van der Waals surface area contributed by atoms with E-state index in [9.17, 15) is 0 Å². The molecule has 0 N–H and O–H groups in total. The quantitative estimate of drug-likeness (QED) is 0.259. The van der Waals surface area contributed by atoms with Crippen LogP contribution in [-0.4, -0.2) is 4.98 Å². The number of nitrogens with zero attached hydrogens (tertiary/aromatic N) is 2. The van der Waals surface area contributed by atoms with E-state index in [1.165, 1.54) is 28.5 Å². The van der Waals surface area contributed by atoms with E-state index in [0.29, 0.717) is 0 Å². The summed E-state index contributed by atoms with van der Waals surface area (Å²) >= 11 is 0. The van der Waals surface area contributed by atoms with Crippen LogP contribution < -0.4 is 4.57 Å². The van der Waals surface area contributed by atoms with Crippen molar-refractivity contribution in [3.63, 3.8) is 0 Å². The number of rotatable bonds is 1. The molecule has 3 aromatic heterocycles. The van der Waals surface area contributed by atoms with Gasteiger partial charge < -0.3 is 4.42 Å². The molecule has 1 aliphatic carbocycles. The Kier molecular flexibility index (Phi) is 4.12. The Morgan fingerprint density at radius 3 is 2.45 bits per heavy atom. The van der Waals surface area contributed by atoms with Crippen molar-refractivity contribution in [1.82, 2.24) is 4.98 Å². The highest BCUT2D eigenvalue weighted by Gasteiger charge is 2.39. The zero-order chi connectivity index (χ0) is 23.1. The molecule has 2 aromatic carbocycles. The van der Waals surface area contributed by atoms with E-state index >= 15 is 0 Å². The molecule has 166 valence electrons. The third-order valence-electron chi connectivity index (χ3n) is 7.94. The van der Waals surface area contributed by atoms with Gasteiger partial charge in [-0.1, -0.05) is 45.9 Å². The van der Waals surface area contributed by atoms with Crippen molar-refractivity contribution < 1.29 is 8.98 Å². The molecule has 0 radical (unpaired) electrons. The normalized spacial score (nSPS) is 17.0. The Balaban J connectivity index is 1.80. The summed E-state index contributed by atoms with van der Waals surface area (Å²) in [6, 6.07) is 15.2. The maximum absolute atomic E-state index is 6.86. The lowest BCUT2D eigenvalue weighted by Gasteiger charge is -2.42. The van der Waals surface area contributed by atoms with Crippen LogP contribution in [0.3, 0.4) is 0 Å². The van der Waals surface area contributed by atoms with Gasteiger partial charge in [0.1, 0.15) is 18.2 Å². The van der Waals surface area contributed by atoms with Crippen LogP contribution in [0.2, 0.25) is 0 Å². The van der Waals surface area contributed by atoms with Crippen LogP contribution >= 0.6 is 0 Å². The van der Waals surface area contributed by atoms with Crippen LogP contribution in [-0.2, 0) is 17.9 Å². The highest BCUT2D eigenvalue weighted by Crippen LogP contribution is 2.50. The van der Waals surface area contributed by atoms with Gasteiger partial charge in [-0.25, -0.2) is 4.57 Å². The zero-order valence-corrected chi connectivity index (χ0v) is 20.4. The topological polar surface area (TPSA) is 29.9 Å². The van der Waals surface area contributed by atoms with Gasteiger partial charge in [-0.2, -0.15) is 0 Å². The average Bonchev–Trinajstić information content (AvgIpc) is 3.16. The van der Waals surface area contributed by atoms with Gasteiger partial charge in [-0.3, -0.25) is 4.98 Å². The van der Waals surface area contributed by atoms with Crippen LogP contribution in [0.5, 0.6) is 0 Å². The summed E-state index contributed by atoms with van der Waals surface area (Å²) in [5.41, 5.74) is 9.54. The van der Waals surface area contributed by atoms with Gasteiger partial charge in [0.25, 0.3) is 0 Å². The fourth-order valence-corrected chi connectivity index (χ4v) is 5.91. The largest absolute Gasteiger partial charge is 0.454 e. The third-order valence-corrected chi connectivity index (χ3v) is 7.94. The van der Waals surface area contributed by atoms with E-state index in [2.05, 4.69) is 94.9 Å². The summed E-state index contributed by atoms with van der Waals surface area (Å²) in [5.74, 6) is 0. The van der Waals surface area contributed by atoms with Gasteiger partial charge in [-0.05, 0) is 59.4 Å². The Morgan fingerprint density at radius 1 is 0.879 bits per heavy atom. The molecule has 3 heteroatoms. The lowest BCUT2D eigenvalue weighted by atomic mass is 9.62. The van der Waals surface area contributed by atoms with E-state index < -0.39 is 0 Å². The SMILES string of the molecule is Cc1ccc2c(oc3c2cnc2ccc4c(c23)C(C)(C)CCC4(C)C)c1-c1cccc[n+]1C. The van der Waals surface area contributed by atoms with Crippen LogP contribution in [0.15, 0.2) is 59.3 Å². The van der Waals surface area contributed by atoms with E-state index in [1.54, 1.807) is 0 Å². The minimum Gasteiger partial charge on any atom is -0.454 e. The standard InChI is InChI=1S/C30H31N2O/c1-18-10-11-19-20-17-31-22-13-12-21-26(30(4,5)15-14-29(21,2)3)25(22)28(20)33-27(19)24(18)23-9-7-8-16-32(23)6/h7-13,16-17H,14-15H2,1-6H3/q+1. The molecule has 0 saturated carbocycles. The first kappa shape index (κ1) is 20.4. The van der Waals surface area contributed by atoms with Crippen molar-refractivity contribution in [1.29, 1.82) is 0 Å². The van der Waals surface area contributed by atoms with E-state index in [1.807, 2.05) is 6.20 Å². The monoisotopic (exact) mass is 435 g/mol. The lowest BCUT2D eigenvalue weighted by molar-refractivity contribution is -0.660. The Hall–Kier alpha value is -3.20. The summed E-state index contributed by atoms with van der Waals surface area (Å²) in [6.45, 7) is 11.7. The molecular weight excluding hydrogens is 404 g/mol. The maximum Gasteiger partial charge on any atom is 0.216 e. The van der Waals surface area contributed by atoms with Crippen molar-refractivity contribution in [3.05, 3.63) is 71.5 Å². The first-order valence-electron chi connectivity index (χ1n) is 11.9. The van der Waals surface area contributed by atoms with Crippen molar-refractivity contribution in [2.75, 3.05) is 0 Å². The molecule has 0 saturated heterocycles. The molecule has 3 heterocycles. The number of benzene rings is 2. The average molecular weight is 436 g/mol. The molecule has 5 aromatic rings. The second kappa shape index (κ2) is 6.66. The van der Waals surface area contributed by atoms with Crippen molar-refractivity contribution in [2.24, 2.45) is 7.05 Å². The van der Waals surface area contributed by atoms with Gasteiger partial charge >= 0.3 is 0 Å². The number of fused-ring (bicyclic) bond motifs is 7. The first-order valence-corrected chi connectivity index (χ1v) is 11.9. The fraction of sp³-hybridized carbons (Fsp3) is 0.333. The van der Waals surface area contributed by atoms with Gasteiger partial charge in [0.05, 0.1) is 11.1 Å². The van der Waals surface area contributed by atoms with E-state index in [0.717, 1.165) is 45.1 Å². The molecule has 1 aliphatic rings. The molecule has 0 bridgehead atoms. The number of hydrogen-bond acceptors (Lipinski definition) is 2. The molecule has 0 amide bonds. The second-order valence-electron chi connectivity index (χ2n) is 11.1. The molecule has 6 rings (SSSR count). The summed E-state index contributed by atoms with van der Waals surface area (Å²) in [7, 11) is 2.09. The number of aromatic nitrogens is 2. The highest BCUT2D eigenvalue weighted by molar-refractivity contribution is 6.17. The number of aryl methyl sites for hydroxylation is 2. The van der Waals surface area contributed by atoms with Crippen LogP contribution in [0.4, 0.5) is 0 Å².